The first-order valence-electron chi connectivity index (χ1n) is 5.67. The lowest BCUT2D eigenvalue weighted by Gasteiger charge is -2.16. The molecule has 1 aromatic rings. The summed E-state index contributed by atoms with van der Waals surface area (Å²) in [6.45, 7) is 1.50. The highest BCUT2D eigenvalue weighted by Crippen LogP contribution is 2.26. The van der Waals surface area contributed by atoms with Crippen molar-refractivity contribution in [2.45, 2.75) is 13.0 Å². The van der Waals surface area contributed by atoms with Gasteiger partial charge in [-0.15, -0.1) is 0 Å². The molecule has 0 atom stereocenters. The number of nitrogens with one attached hydrogen (secondary N) is 1. The zero-order valence-electron chi connectivity index (χ0n) is 10.2. The normalized spacial score (nSPS) is 10.4. The van der Waals surface area contributed by atoms with Crippen LogP contribution >= 0.6 is 0 Å². The molecular formula is C12H18N2O4. The molecule has 1 amide bonds. The SMILES string of the molecule is CCOc1c(N)cccc1C(=O)NC(CO)CO. The van der Waals surface area contributed by atoms with Crippen molar-refractivity contribution in [3.05, 3.63) is 23.8 Å². The number of hydrogen-bond donors (Lipinski definition) is 4. The highest BCUT2D eigenvalue weighted by molar-refractivity contribution is 5.98. The summed E-state index contributed by atoms with van der Waals surface area (Å²) >= 11 is 0. The lowest BCUT2D eigenvalue weighted by atomic mass is 10.1. The first-order valence-corrected chi connectivity index (χ1v) is 5.67. The Balaban J connectivity index is 2.94. The zero-order valence-corrected chi connectivity index (χ0v) is 10.2. The van der Waals surface area contributed by atoms with Crippen LogP contribution in [0.4, 0.5) is 5.69 Å². The minimum absolute atomic E-state index is 0.281. The van der Waals surface area contributed by atoms with Gasteiger partial charge in [0, 0.05) is 0 Å². The number of ether oxygens (including phenoxy) is 1. The molecule has 0 bridgehead atoms. The van der Waals surface area contributed by atoms with Gasteiger partial charge in [-0.2, -0.15) is 0 Å². The smallest absolute Gasteiger partial charge is 0.255 e. The summed E-state index contributed by atoms with van der Waals surface area (Å²) in [7, 11) is 0. The number of nitrogens with two attached hydrogens (primary N) is 1. The first kappa shape index (κ1) is 14.3. The van der Waals surface area contributed by atoms with E-state index in [0.29, 0.717) is 18.0 Å². The number of para-hydroxylation sites is 1. The summed E-state index contributed by atoms with van der Waals surface area (Å²) in [5.74, 6) is -0.133. The van der Waals surface area contributed by atoms with E-state index in [9.17, 15) is 4.79 Å². The van der Waals surface area contributed by atoms with Crippen molar-refractivity contribution in [3.63, 3.8) is 0 Å². The van der Waals surface area contributed by atoms with Crippen LogP contribution in [0.15, 0.2) is 18.2 Å². The summed E-state index contributed by atoms with van der Waals surface area (Å²) in [6, 6.07) is 4.15. The van der Waals surface area contributed by atoms with Gasteiger partial charge in [-0.25, -0.2) is 0 Å². The molecule has 0 heterocycles. The lowest BCUT2D eigenvalue weighted by Crippen LogP contribution is -2.40. The van der Waals surface area contributed by atoms with Crippen LogP contribution in [-0.2, 0) is 0 Å². The predicted octanol–water partition coefficient (Wildman–Crippen LogP) is -0.249. The number of hydrogen-bond acceptors (Lipinski definition) is 5. The van der Waals surface area contributed by atoms with E-state index >= 15 is 0 Å². The molecule has 5 N–H and O–H groups in total. The third kappa shape index (κ3) is 3.35. The predicted molar refractivity (Wildman–Crippen MR) is 67.4 cm³/mol. The minimum Gasteiger partial charge on any atom is -0.491 e. The molecule has 0 saturated carbocycles. The van der Waals surface area contributed by atoms with E-state index in [4.69, 9.17) is 20.7 Å². The van der Waals surface area contributed by atoms with E-state index in [-0.39, 0.29) is 18.8 Å². The van der Waals surface area contributed by atoms with Gasteiger partial charge in [0.25, 0.3) is 5.91 Å². The van der Waals surface area contributed by atoms with Crippen LogP contribution in [0.1, 0.15) is 17.3 Å². The maximum atomic E-state index is 12.0. The van der Waals surface area contributed by atoms with E-state index in [0.717, 1.165) is 0 Å². The fraction of sp³-hybridized carbons (Fsp3) is 0.417. The lowest BCUT2D eigenvalue weighted by molar-refractivity contribution is 0.0876. The van der Waals surface area contributed by atoms with Gasteiger partial charge in [-0.3, -0.25) is 4.79 Å². The van der Waals surface area contributed by atoms with Gasteiger partial charge in [-0.1, -0.05) is 6.07 Å². The number of rotatable bonds is 6. The Kier molecular flexibility index (Phi) is 5.41. The molecule has 1 aromatic carbocycles. The van der Waals surface area contributed by atoms with Crippen LogP contribution in [0.2, 0.25) is 0 Å². The number of carbonyl (C=O) groups is 1. The summed E-state index contributed by atoms with van der Waals surface area (Å²) in [4.78, 5) is 12.0. The number of aliphatic hydroxyl groups is 2. The second-order valence-corrected chi connectivity index (χ2v) is 3.69. The Morgan fingerprint density at radius 2 is 2.11 bits per heavy atom. The van der Waals surface area contributed by atoms with Crippen molar-refractivity contribution in [1.29, 1.82) is 0 Å². The van der Waals surface area contributed by atoms with Gasteiger partial charge in [0.05, 0.1) is 37.1 Å². The fourth-order valence-corrected chi connectivity index (χ4v) is 1.45. The Morgan fingerprint density at radius 1 is 1.44 bits per heavy atom. The van der Waals surface area contributed by atoms with Crippen LogP contribution in [0, 0.1) is 0 Å². The maximum absolute atomic E-state index is 12.0. The largest absolute Gasteiger partial charge is 0.491 e. The molecule has 0 aliphatic rings. The Morgan fingerprint density at radius 3 is 2.67 bits per heavy atom. The van der Waals surface area contributed by atoms with Crippen LogP contribution < -0.4 is 15.8 Å². The van der Waals surface area contributed by atoms with E-state index in [1.807, 2.05) is 0 Å². The molecule has 6 heteroatoms. The molecule has 0 fully saturated rings. The molecule has 0 aliphatic heterocycles. The summed E-state index contributed by atoms with van der Waals surface area (Å²) < 4.78 is 5.33. The van der Waals surface area contributed by atoms with Crippen LogP contribution in [0.3, 0.4) is 0 Å². The van der Waals surface area contributed by atoms with E-state index in [1.54, 1.807) is 25.1 Å². The van der Waals surface area contributed by atoms with Crippen molar-refractivity contribution in [2.75, 3.05) is 25.6 Å². The van der Waals surface area contributed by atoms with Crippen molar-refractivity contribution < 1.29 is 19.7 Å². The van der Waals surface area contributed by atoms with Gasteiger partial charge in [0.2, 0.25) is 0 Å². The van der Waals surface area contributed by atoms with Crippen molar-refractivity contribution in [2.24, 2.45) is 0 Å². The standard InChI is InChI=1S/C12H18N2O4/c1-2-18-11-9(4-3-5-10(11)13)12(17)14-8(6-15)7-16/h3-5,8,15-16H,2,6-7,13H2,1H3,(H,14,17). The minimum atomic E-state index is -0.701. The molecule has 0 radical (unpaired) electrons. The highest BCUT2D eigenvalue weighted by atomic mass is 16.5. The topological polar surface area (TPSA) is 105 Å². The third-order valence-electron chi connectivity index (χ3n) is 2.35. The van der Waals surface area contributed by atoms with Crippen LogP contribution in [-0.4, -0.2) is 42.0 Å². The summed E-state index contributed by atoms with van der Waals surface area (Å²) in [5.41, 5.74) is 6.39. The second-order valence-electron chi connectivity index (χ2n) is 3.69. The fourth-order valence-electron chi connectivity index (χ4n) is 1.45. The van der Waals surface area contributed by atoms with Crippen LogP contribution in [0.25, 0.3) is 0 Å². The monoisotopic (exact) mass is 254 g/mol. The third-order valence-corrected chi connectivity index (χ3v) is 2.35. The van der Waals surface area contributed by atoms with E-state index in [1.165, 1.54) is 0 Å². The molecule has 0 aromatic heterocycles. The number of carbonyl (C=O) groups excluding carboxylic acids is 1. The van der Waals surface area contributed by atoms with Crippen molar-refractivity contribution >= 4 is 11.6 Å². The quantitative estimate of drug-likeness (QED) is 0.524. The molecule has 0 unspecified atom stereocenters. The molecule has 0 aliphatic carbocycles. The number of amides is 1. The summed E-state index contributed by atoms with van der Waals surface area (Å²) in [6.07, 6.45) is 0. The van der Waals surface area contributed by atoms with Crippen molar-refractivity contribution in [1.82, 2.24) is 5.32 Å². The first-order chi connectivity index (χ1) is 8.63. The van der Waals surface area contributed by atoms with E-state index < -0.39 is 11.9 Å². The van der Waals surface area contributed by atoms with Crippen molar-refractivity contribution in [3.8, 4) is 5.75 Å². The molecule has 100 valence electrons. The molecule has 6 nitrogen and oxygen atoms in total. The van der Waals surface area contributed by atoms with Gasteiger partial charge in [-0.05, 0) is 19.1 Å². The summed E-state index contributed by atoms with van der Waals surface area (Å²) in [5, 5.41) is 20.3. The van der Waals surface area contributed by atoms with Gasteiger partial charge in [0.1, 0.15) is 0 Å². The average Bonchev–Trinajstić information content (AvgIpc) is 2.38. The molecule has 0 spiro atoms. The van der Waals surface area contributed by atoms with Gasteiger partial charge < -0.3 is 26.0 Å². The molecule has 0 saturated heterocycles. The second kappa shape index (κ2) is 6.83. The Bertz CT molecular complexity index is 405. The molecular weight excluding hydrogens is 236 g/mol. The van der Waals surface area contributed by atoms with E-state index in [2.05, 4.69) is 5.32 Å². The molecule has 1 rings (SSSR count). The van der Waals surface area contributed by atoms with Crippen LogP contribution in [0.5, 0.6) is 5.75 Å². The maximum Gasteiger partial charge on any atom is 0.255 e. The van der Waals surface area contributed by atoms with Gasteiger partial charge >= 0.3 is 0 Å². The highest BCUT2D eigenvalue weighted by Gasteiger charge is 2.17. The number of anilines is 1. The number of benzene rings is 1. The average molecular weight is 254 g/mol. The number of aliphatic hydroxyl groups excluding tert-OH is 2. The number of nitrogen functional groups attached to an aromatic ring is 1. The van der Waals surface area contributed by atoms with Gasteiger partial charge in [0.15, 0.2) is 5.75 Å². The zero-order chi connectivity index (χ0) is 13.5. The Labute approximate surface area is 105 Å². The Hall–Kier alpha value is -1.79. The molecule has 18 heavy (non-hydrogen) atoms.